The Morgan fingerprint density at radius 3 is 3.06 bits per heavy atom. The van der Waals surface area contributed by atoms with Crippen molar-refractivity contribution in [2.75, 3.05) is 18.9 Å². The minimum absolute atomic E-state index is 0.0302. The third-order valence-electron chi connectivity index (χ3n) is 2.61. The van der Waals surface area contributed by atoms with E-state index in [4.69, 9.17) is 0 Å². The van der Waals surface area contributed by atoms with Crippen molar-refractivity contribution in [2.24, 2.45) is 0 Å². The maximum absolute atomic E-state index is 11.8. The molecule has 1 unspecified atom stereocenters. The molecular weight excluding hydrogens is 220 g/mol. The molecule has 1 aliphatic heterocycles. The van der Waals surface area contributed by atoms with E-state index < -0.39 is 0 Å². The summed E-state index contributed by atoms with van der Waals surface area (Å²) in [4.78, 5) is 13.0. The van der Waals surface area contributed by atoms with Gasteiger partial charge in [-0.2, -0.15) is 0 Å². The molecule has 0 spiro atoms. The Kier molecular flexibility index (Phi) is 3.51. The second kappa shape index (κ2) is 4.89. The standard InChI is InChI=1S/C12H16N2OS/c1-8-3-4-10-9(7-8)14-12(15)11(16-10)5-6-13-2/h3-4,7,11,13H,5-6H2,1-2H3,(H,14,15). The first kappa shape index (κ1) is 11.5. The van der Waals surface area contributed by atoms with Crippen molar-refractivity contribution in [1.29, 1.82) is 0 Å². The first-order valence-electron chi connectivity index (χ1n) is 5.43. The monoisotopic (exact) mass is 236 g/mol. The number of aryl methyl sites for hydroxylation is 1. The van der Waals surface area contributed by atoms with Crippen LogP contribution in [0.1, 0.15) is 12.0 Å². The van der Waals surface area contributed by atoms with E-state index in [2.05, 4.69) is 22.8 Å². The Morgan fingerprint density at radius 2 is 2.31 bits per heavy atom. The molecule has 0 aliphatic carbocycles. The average Bonchev–Trinajstić information content (AvgIpc) is 2.26. The van der Waals surface area contributed by atoms with Crippen molar-refractivity contribution in [1.82, 2.24) is 5.32 Å². The molecule has 0 aromatic heterocycles. The summed E-state index contributed by atoms with van der Waals surface area (Å²) >= 11 is 1.66. The minimum Gasteiger partial charge on any atom is -0.324 e. The van der Waals surface area contributed by atoms with Crippen LogP contribution in [-0.4, -0.2) is 24.7 Å². The molecular formula is C12H16N2OS. The van der Waals surface area contributed by atoms with Crippen LogP contribution >= 0.6 is 11.8 Å². The number of benzene rings is 1. The lowest BCUT2D eigenvalue weighted by atomic mass is 10.2. The summed E-state index contributed by atoms with van der Waals surface area (Å²) in [5, 5.41) is 6.08. The van der Waals surface area contributed by atoms with E-state index >= 15 is 0 Å². The van der Waals surface area contributed by atoms with Gasteiger partial charge in [0.2, 0.25) is 5.91 Å². The number of thioether (sulfide) groups is 1. The summed E-state index contributed by atoms with van der Waals surface area (Å²) in [6.07, 6.45) is 0.861. The fourth-order valence-corrected chi connectivity index (χ4v) is 2.82. The Balaban J connectivity index is 2.15. The largest absolute Gasteiger partial charge is 0.324 e. The van der Waals surface area contributed by atoms with E-state index in [1.807, 2.05) is 20.0 Å². The molecule has 2 N–H and O–H groups in total. The molecule has 1 aliphatic rings. The first-order valence-corrected chi connectivity index (χ1v) is 6.31. The van der Waals surface area contributed by atoms with Crippen LogP contribution in [0, 0.1) is 6.92 Å². The molecule has 2 rings (SSSR count). The summed E-state index contributed by atoms with van der Waals surface area (Å²) in [7, 11) is 1.91. The molecule has 0 saturated carbocycles. The molecule has 0 fully saturated rings. The van der Waals surface area contributed by atoms with E-state index in [0.717, 1.165) is 18.7 Å². The molecule has 0 bridgehead atoms. The topological polar surface area (TPSA) is 41.1 Å². The van der Waals surface area contributed by atoms with Gasteiger partial charge in [-0.25, -0.2) is 0 Å². The highest BCUT2D eigenvalue weighted by Crippen LogP contribution is 2.37. The lowest BCUT2D eigenvalue weighted by Gasteiger charge is -2.24. The van der Waals surface area contributed by atoms with Crippen LogP contribution in [0.5, 0.6) is 0 Å². The van der Waals surface area contributed by atoms with Gasteiger partial charge in [0.25, 0.3) is 0 Å². The van der Waals surface area contributed by atoms with Crippen LogP contribution in [0.2, 0.25) is 0 Å². The predicted molar refractivity (Wildman–Crippen MR) is 68.0 cm³/mol. The Bertz CT molecular complexity index is 406. The Morgan fingerprint density at radius 1 is 1.50 bits per heavy atom. The van der Waals surface area contributed by atoms with Crippen LogP contribution in [0.3, 0.4) is 0 Å². The SMILES string of the molecule is CNCCC1Sc2ccc(C)cc2NC1=O. The highest BCUT2D eigenvalue weighted by Gasteiger charge is 2.26. The van der Waals surface area contributed by atoms with E-state index in [1.54, 1.807) is 11.8 Å². The summed E-state index contributed by atoms with van der Waals surface area (Å²) in [5.74, 6) is 0.123. The summed E-state index contributed by atoms with van der Waals surface area (Å²) in [5.41, 5.74) is 2.13. The van der Waals surface area contributed by atoms with Crippen LogP contribution in [-0.2, 0) is 4.79 Å². The average molecular weight is 236 g/mol. The molecule has 1 aromatic carbocycles. The van der Waals surface area contributed by atoms with Gasteiger partial charge in [0.15, 0.2) is 0 Å². The number of anilines is 1. The molecule has 1 amide bonds. The van der Waals surface area contributed by atoms with Crippen molar-refractivity contribution >= 4 is 23.4 Å². The van der Waals surface area contributed by atoms with Crippen LogP contribution in [0.25, 0.3) is 0 Å². The van der Waals surface area contributed by atoms with Crippen LogP contribution in [0.15, 0.2) is 23.1 Å². The van der Waals surface area contributed by atoms with Crippen molar-refractivity contribution in [2.45, 2.75) is 23.5 Å². The van der Waals surface area contributed by atoms with Gasteiger partial charge in [-0.15, -0.1) is 11.8 Å². The second-order valence-corrected chi connectivity index (χ2v) is 5.23. The smallest absolute Gasteiger partial charge is 0.237 e. The lowest BCUT2D eigenvalue weighted by Crippen LogP contribution is -2.31. The quantitative estimate of drug-likeness (QED) is 0.843. The van der Waals surface area contributed by atoms with Gasteiger partial charge < -0.3 is 10.6 Å². The van der Waals surface area contributed by atoms with Crippen LogP contribution < -0.4 is 10.6 Å². The summed E-state index contributed by atoms with van der Waals surface area (Å²) in [6.45, 7) is 2.90. The Labute approximate surface area is 100.0 Å². The molecule has 1 atom stereocenters. The predicted octanol–water partition coefficient (Wildman–Crippen LogP) is 2.02. The first-order chi connectivity index (χ1) is 7.70. The fourth-order valence-electron chi connectivity index (χ4n) is 1.73. The number of carbonyl (C=O) groups excluding carboxylic acids is 1. The number of hydrogen-bond donors (Lipinski definition) is 2. The third kappa shape index (κ3) is 2.39. The van der Waals surface area contributed by atoms with Gasteiger partial charge >= 0.3 is 0 Å². The number of carbonyl (C=O) groups is 1. The molecule has 1 heterocycles. The van der Waals surface area contributed by atoms with E-state index in [9.17, 15) is 4.79 Å². The summed E-state index contributed by atoms with van der Waals surface area (Å²) < 4.78 is 0. The highest BCUT2D eigenvalue weighted by molar-refractivity contribution is 8.01. The van der Waals surface area contributed by atoms with Gasteiger partial charge in [-0.3, -0.25) is 4.79 Å². The normalized spacial score (nSPS) is 19.1. The van der Waals surface area contributed by atoms with E-state index in [1.165, 1.54) is 10.5 Å². The highest BCUT2D eigenvalue weighted by atomic mass is 32.2. The van der Waals surface area contributed by atoms with Crippen molar-refractivity contribution in [3.63, 3.8) is 0 Å². The zero-order chi connectivity index (χ0) is 11.5. The number of fused-ring (bicyclic) bond motifs is 1. The van der Waals surface area contributed by atoms with Gasteiger partial charge in [0.05, 0.1) is 10.9 Å². The number of amides is 1. The van der Waals surface area contributed by atoms with E-state index in [0.29, 0.717) is 0 Å². The van der Waals surface area contributed by atoms with Gasteiger partial charge in [0.1, 0.15) is 0 Å². The zero-order valence-corrected chi connectivity index (χ0v) is 10.4. The molecule has 86 valence electrons. The molecule has 16 heavy (non-hydrogen) atoms. The van der Waals surface area contributed by atoms with Crippen molar-refractivity contribution in [3.05, 3.63) is 23.8 Å². The Hall–Kier alpha value is -1.00. The molecule has 4 heteroatoms. The summed E-state index contributed by atoms with van der Waals surface area (Å²) in [6, 6.07) is 6.19. The number of hydrogen-bond acceptors (Lipinski definition) is 3. The van der Waals surface area contributed by atoms with Gasteiger partial charge in [-0.05, 0) is 44.6 Å². The van der Waals surface area contributed by atoms with Crippen molar-refractivity contribution < 1.29 is 4.79 Å². The molecule has 3 nitrogen and oxygen atoms in total. The second-order valence-electron chi connectivity index (χ2n) is 3.99. The fraction of sp³-hybridized carbons (Fsp3) is 0.417. The zero-order valence-electron chi connectivity index (χ0n) is 9.54. The maximum atomic E-state index is 11.8. The lowest BCUT2D eigenvalue weighted by molar-refractivity contribution is -0.115. The van der Waals surface area contributed by atoms with E-state index in [-0.39, 0.29) is 11.2 Å². The van der Waals surface area contributed by atoms with Gasteiger partial charge in [-0.1, -0.05) is 6.07 Å². The van der Waals surface area contributed by atoms with Crippen LogP contribution in [0.4, 0.5) is 5.69 Å². The number of nitrogens with one attached hydrogen (secondary N) is 2. The minimum atomic E-state index is 0.0302. The number of rotatable bonds is 3. The maximum Gasteiger partial charge on any atom is 0.237 e. The van der Waals surface area contributed by atoms with Crippen molar-refractivity contribution in [3.8, 4) is 0 Å². The third-order valence-corrected chi connectivity index (χ3v) is 3.96. The molecule has 0 radical (unpaired) electrons. The molecule has 1 aromatic rings. The molecule has 0 saturated heterocycles. The van der Waals surface area contributed by atoms with Gasteiger partial charge in [0, 0.05) is 4.90 Å².